The van der Waals surface area contributed by atoms with Gasteiger partial charge in [-0.3, -0.25) is 5.10 Å². The molecule has 1 aliphatic rings. The van der Waals surface area contributed by atoms with Crippen LogP contribution in [0.2, 0.25) is 0 Å². The summed E-state index contributed by atoms with van der Waals surface area (Å²) in [5, 5.41) is 26.4. The van der Waals surface area contributed by atoms with Gasteiger partial charge in [0.2, 0.25) is 11.8 Å². The minimum atomic E-state index is -0.388. The van der Waals surface area contributed by atoms with Gasteiger partial charge in [0.05, 0.1) is 5.92 Å². The van der Waals surface area contributed by atoms with Crippen molar-refractivity contribution in [3.8, 4) is 17.7 Å². The molecule has 3 rings (SSSR count). The summed E-state index contributed by atoms with van der Waals surface area (Å²) in [4.78, 5) is 0. The van der Waals surface area contributed by atoms with Gasteiger partial charge >= 0.3 is 0 Å². The highest BCUT2D eigenvalue weighted by Crippen LogP contribution is 2.43. The van der Waals surface area contributed by atoms with Gasteiger partial charge in [0.15, 0.2) is 0 Å². The first-order valence-corrected chi connectivity index (χ1v) is 7.09. The van der Waals surface area contributed by atoms with E-state index < -0.39 is 0 Å². The molecule has 1 aliphatic heterocycles. The number of nitriles is 1. The van der Waals surface area contributed by atoms with E-state index in [9.17, 15) is 10.4 Å². The van der Waals surface area contributed by atoms with Crippen molar-refractivity contribution in [2.75, 3.05) is 0 Å². The van der Waals surface area contributed by atoms with Gasteiger partial charge in [0.1, 0.15) is 17.4 Å². The van der Waals surface area contributed by atoms with E-state index in [1.807, 2.05) is 6.07 Å². The summed E-state index contributed by atoms with van der Waals surface area (Å²) in [5.41, 5.74) is 8.72. The molecular weight excluding hydrogens is 280 g/mol. The van der Waals surface area contributed by atoms with Gasteiger partial charge in [-0.05, 0) is 24.1 Å². The van der Waals surface area contributed by atoms with E-state index in [0.717, 1.165) is 29.7 Å². The number of hydrogen-bond donors (Lipinski definition) is 3. The number of aromatic hydroxyl groups is 1. The number of benzene rings is 1. The lowest BCUT2D eigenvalue weighted by Gasteiger charge is -2.24. The number of nitrogens with one attached hydrogen (secondary N) is 1. The Hall–Kier alpha value is -2.94. The number of nitrogens with two attached hydrogens (primary N) is 1. The molecular formula is C16H16N4O2. The molecule has 0 bridgehead atoms. The number of rotatable bonds is 3. The van der Waals surface area contributed by atoms with Crippen molar-refractivity contribution >= 4 is 0 Å². The quantitative estimate of drug-likeness (QED) is 0.805. The number of aromatic amines is 1. The van der Waals surface area contributed by atoms with Crippen LogP contribution < -0.4 is 10.5 Å². The molecule has 2 aromatic rings. The molecule has 1 atom stereocenters. The van der Waals surface area contributed by atoms with Crippen LogP contribution in [0.3, 0.4) is 0 Å². The number of allylic oxidation sites excluding steroid dienone is 1. The smallest absolute Gasteiger partial charge is 0.244 e. The van der Waals surface area contributed by atoms with Gasteiger partial charge in [-0.25, -0.2) is 0 Å². The van der Waals surface area contributed by atoms with E-state index in [0.29, 0.717) is 11.5 Å². The highest BCUT2D eigenvalue weighted by atomic mass is 16.5. The lowest BCUT2D eigenvalue weighted by molar-refractivity contribution is 0.378. The van der Waals surface area contributed by atoms with Gasteiger partial charge in [-0.2, -0.15) is 5.26 Å². The van der Waals surface area contributed by atoms with Crippen LogP contribution in [0.25, 0.3) is 0 Å². The summed E-state index contributed by atoms with van der Waals surface area (Å²) in [6.07, 6.45) is 1.72. The number of H-pyrrole nitrogens is 1. The molecule has 0 amide bonds. The Morgan fingerprint density at radius 3 is 3.00 bits per heavy atom. The van der Waals surface area contributed by atoms with Crippen LogP contribution >= 0.6 is 0 Å². The lowest BCUT2D eigenvalue weighted by Crippen LogP contribution is -2.21. The van der Waals surface area contributed by atoms with Crippen molar-refractivity contribution in [3.63, 3.8) is 0 Å². The van der Waals surface area contributed by atoms with Gasteiger partial charge in [-0.1, -0.05) is 25.5 Å². The Morgan fingerprint density at radius 1 is 1.50 bits per heavy atom. The molecule has 1 aromatic carbocycles. The molecule has 6 nitrogen and oxygen atoms in total. The van der Waals surface area contributed by atoms with Gasteiger partial charge in [0, 0.05) is 11.3 Å². The lowest BCUT2D eigenvalue weighted by atomic mass is 9.83. The summed E-state index contributed by atoms with van der Waals surface area (Å²) in [5.74, 6) is 0.203. The fraction of sp³-hybridized carbons (Fsp3) is 0.250. The second kappa shape index (κ2) is 5.45. The third-order valence-corrected chi connectivity index (χ3v) is 3.72. The van der Waals surface area contributed by atoms with Crippen LogP contribution in [0.1, 0.15) is 36.1 Å². The zero-order valence-electron chi connectivity index (χ0n) is 12.1. The first-order valence-electron chi connectivity index (χ1n) is 7.09. The number of hydrogen-bond acceptors (Lipinski definition) is 5. The van der Waals surface area contributed by atoms with Crippen molar-refractivity contribution in [2.24, 2.45) is 5.73 Å². The SMILES string of the molecule is CCCc1[nH]nc2c1[C@@H](c1cccc(O)c1)C(C#N)=C(N)O2. The van der Waals surface area contributed by atoms with E-state index in [-0.39, 0.29) is 17.6 Å². The topological polar surface area (TPSA) is 108 Å². The van der Waals surface area contributed by atoms with Crippen molar-refractivity contribution in [2.45, 2.75) is 25.7 Å². The molecule has 4 N–H and O–H groups in total. The van der Waals surface area contributed by atoms with Crippen LogP contribution in [-0.2, 0) is 6.42 Å². The van der Waals surface area contributed by atoms with E-state index in [1.54, 1.807) is 18.2 Å². The summed E-state index contributed by atoms with van der Waals surface area (Å²) in [6.45, 7) is 2.07. The van der Waals surface area contributed by atoms with Crippen molar-refractivity contribution in [3.05, 3.63) is 52.5 Å². The summed E-state index contributed by atoms with van der Waals surface area (Å²) in [7, 11) is 0. The average Bonchev–Trinajstić information content (AvgIpc) is 2.88. The third kappa shape index (κ3) is 2.17. The number of phenols is 1. The zero-order valence-corrected chi connectivity index (χ0v) is 12.1. The number of nitrogens with zero attached hydrogens (tertiary/aromatic N) is 2. The molecule has 0 fully saturated rings. The van der Waals surface area contributed by atoms with Gasteiger partial charge < -0.3 is 15.6 Å². The maximum Gasteiger partial charge on any atom is 0.244 e. The van der Waals surface area contributed by atoms with Crippen molar-refractivity contribution < 1.29 is 9.84 Å². The highest BCUT2D eigenvalue weighted by molar-refractivity contribution is 5.55. The normalized spacial score (nSPS) is 16.8. The fourth-order valence-electron chi connectivity index (χ4n) is 2.79. The molecule has 112 valence electrons. The maximum atomic E-state index is 9.75. The molecule has 0 aliphatic carbocycles. The number of phenolic OH excluding ortho intramolecular Hbond substituents is 1. The van der Waals surface area contributed by atoms with Gasteiger partial charge in [-0.15, -0.1) is 5.10 Å². The fourth-order valence-corrected chi connectivity index (χ4v) is 2.79. The number of aromatic nitrogens is 2. The third-order valence-electron chi connectivity index (χ3n) is 3.72. The van der Waals surface area contributed by atoms with Crippen LogP contribution in [0, 0.1) is 11.3 Å². The molecule has 2 heterocycles. The maximum absolute atomic E-state index is 9.75. The van der Waals surface area contributed by atoms with Gasteiger partial charge in [0.25, 0.3) is 0 Å². The second-order valence-corrected chi connectivity index (χ2v) is 5.19. The van der Waals surface area contributed by atoms with E-state index in [2.05, 4.69) is 23.2 Å². The van der Waals surface area contributed by atoms with Crippen LogP contribution in [0.4, 0.5) is 0 Å². The Kier molecular flexibility index (Phi) is 3.47. The number of aryl methyl sites for hydroxylation is 1. The number of ether oxygens (including phenoxy) is 1. The average molecular weight is 296 g/mol. The van der Waals surface area contributed by atoms with Crippen LogP contribution in [0.5, 0.6) is 11.6 Å². The van der Waals surface area contributed by atoms with E-state index in [4.69, 9.17) is 10.5 Å². The van der Waals surface area contributed by atoms with E-state index in [1.165, 1.54) is 0 Å². The minimum absolute atomic E-state index is 0.0536. The standard InChI is InChI=1S/C16H16N4O2/c1-2-4-12-14-13(9-5-3-6-10(21)7-9)11(8-17)15(18)22-16(14)20-19-12/h3,5-7,13,21H,2,4,18H2,1H3,(H,19,20)/t13-/m0/s1. The first kappa shape index (κ1) is 14.0. The molecule has 0 saturated heterocycles. The second-order valence-electron chi connectivity index (χ2n) is 5.19. The van der Waals surface area contributed by atoms with Crippen molar-refractivity contribution in [1.29, 1.82) is 5.26 Å². The first-order chi connectivity index (χ1) is 10.7. The molecule has 0 radical (unpaired) electrons. The summed E-state index contributed by atoms with van der Waals surface area (Å²) < 4.78 is 5.47. The molecule has 22 heavy (non-hydrogen) atoms. The zero-order chi connectivity index (χ0) is 15.7. The molecule has 6 heteroatoms. The molecule has 1 aromatic heterocycles. The predicted molar refractivity (Wildman–Crippen MR) is 80.0 cm³/mol. The highest BCUT2D eigenvalue weighted by Gasteiger charge is 2.34. The van der Waals surface area contributed by atoms with Crippen LogP contribution in [0.15, 0.2) is 35.7 Å². The largest absolute Gasteiger partial charge is 0.508 e. The Morgan fingerprint density at radius 2 is 2.32 bits per heavy atom. The summed E-state index contributed by atoms with van der Waals surface area (Å²) in [6, 6.07) is 8.94. The number of fused-ring (bicyclic) bond motifs is 1. The van der Waals surface area contributed by atoms with E-state index >= 15 is 0 Å². The van der Waals surface area contributed by atoms with Crippen LogP contribution in [-0.4, -0.2) is 15.3 Å². The Bertz CT molecular complexity index is 786. The van der Waals surface area contributed by atoms with Crippen molar-refractivity contribution in [1.82, 2.24) is 10.2 Å². The molecule has 0 unspecified atom stereocenters. The minimum Gasteiger partial charge on any atom is -0.508 e. The Balaban J connectivity index is 2.21. The monoisotopic (exact) mass is 296 g/mol. The molecule has 0 spiro atoms. The summed E-state index contributed by atoms with van der Waals surface area (Å²) >= 11 is 0. The predicted octanol–water partition coefficient (Wildman–Crippen LogP) is 2.29. The Labute approximate surface area is 127 Å². The molecule has 0 saturated carbocycles.